The maximum atomic E-state index is 5.94. The monoisotopic (exact) mass is 243 g/mol. The molecule has 1 unspecified atom stereocenters. The van der Waals surface area contributed by atoms with Crippen LogP contribution >= 0.6 is 12.6 Å². The summed E-state index contributed by atoms with van der Waals surface area (Å²) in [5.41, 5.74) is 0.523. The first-order chi connectivity index (χ1) is 7.45. The molecule has 1 saturated carbocycles. The van der Waals surface area contributed by atoms with Crippen LogP contribution in [0.15, 0.2) is 0 Å². The maximum absolute atomic E-state index is 5.94. The van der Waals surface area contributed by atoms with E-state index < -0.39 is 0 Å². The summed E-state index contributed by atoms with van der Waals surface area (Å²) >= 11 is 4.54. The van der Waals surface area contributed by atoms with Crippen LogP contribution in [0, 0.1) is 5.41 Å². The van der Waals surface area contributed by atoms with Gasteiger partial charge in [-0.3, -0.25) is 4.90 Å². The van der Waals surface area contributed by atoms with Gasteiger partial charge in [-0.05, 0) is 44.8 Å². The second kappa shape index (κ2) is 4.51. The number of thiol groups is 1. The van der Waals surface area contributed by atoms with Crippen molar-refractivity contribution in [1.29, 1.82) is 0 Å². The van der Waals surface area contributed by atoms with E-state index in [0.717, 1.165) is 18.8 Å². The third kappa shape index (κ3) is 2.74. The molecule has 0 aromatic carbocycles. The van der Waals surface area contributed by atoms with Crippen LogP contribution < -0.4 is 0 Å². The lowest BCUT2D eigenvalue weighted by atomic mass is 9.69. The summed E-state index contributed by atoms with van der Waals surface area (Å²) < 4.78 is 5.94. The summed E-state index contributed by atoms with van der Waals surface area (Å²) in [7, 11) is 0. The highest BCUT2D eigenvalue weighted by Crippen LogP contribution is 2.43. The second-order valence-corrected chi connectivity index (χ2v) is 6.69. The van der Waals surface area contributed by atoms with E-state index in [2.05, 4.69) is 38.3 Å². The number of morpholine rings is 1. The Morgan fingerprint density at radius 1 is 1.38 bits per heavy atom. The van der Waals surface area contributed by atoms with Crippen LogP contribution in [0.2, 0.25) is 0 Å². The molecule has 0 N–H and O–H groups in total. The van der Waals surface area contributed by atoms with E-state index in [4.69, 9.17) is 4.74 Å². The largest absolute Gasteiger partial charge is 0.370 e. The van der Waals surface area contributed by atoms with E-state index in [-0.39, 0.29) is 5.60 Å². The second-order valence-electron chi connectivity index (χ2n) is 6.37. The lowest BCUT2D eigenvalue weighted by Crippen LogP contribution is -2.55. The van der Waals surface area contributed by atoms with E-state index in [1.54, 1.807) is 0 Å². The molecular formula is C13H25NOS. The summed E-state index contributed by atoms with van der Waals surface area (Å²) in [6.07, 6.45) is 4.48. The van der Waals surface area contributed by atoms with Crippen molar-refractivity contribution in [3.63, 3.8) is 0 Å². The highest BCUT2D eigenvalue weighted by Gasteiger charge is 2.40. The molecule has 1 atom stereocenters. The molecule has 0 amide bonds. The first-order valence-corrected chi connectivity index (χ1v) is 7.09. The molecule has 1 aliphatic carbocycles. The van der Waals surface area contributed by atoms with Crippen LogP contribution in [0.3, 0.4) is 0 Å². The van der Waals surface area contributed by atoms with Gasteiger partial charge in [-0.2, -0.15) is 12.6 Å². The van der Waals surface area contributed by atoms with Crippen LogP contribution in [0.25, 0.3) is 0 Å². The van der Waals surface area contributed by atoms with Gasteiger partial charge in [0.25, 0.3) is 0 Å². The van der Waals surface area contributed by atoms with Crippen LogP contribution in [0.4, 0.5) is 0 Å². The molecule has 1 heterocycles. The molecule has 3 heteroatoms. The summed E-state index contributed by atoms with van der Waals surface area (Å²) in [5.74, 6) is 1.04. The molecule has 2 aliphatic rings. The normalized spacial score (nSPS) is 33.4. The Morgan fingerprint density at radius 3 is 2.50 bits per heavy atom. The van der Waals surface area contributed by atoms with Crippen molar-refractivity contribution in [1.82, 2.24) is 4.90 Å². The van der Waals surface area contributed by atoms with E-state index in [9.17, 15) is 0 Å². The summed E-state index contributed by atoms with van der Waals surface area (Å²) in [5, 5.41) is 0. The van der Waals surface area contributed by atoms with Crippen molar-refractivity contribution in [2.45, 2.75) is 51.7 Å². The quantitative estimate of drug-likeness (QED) is 0.765. The van der Waals surface area contributed by atoms with Crippen molar-refractivity contribution in [3.8, 4) is 0 Å². The number of ether oxygens (including phenoxy) is 1. The van der Waals surface area contributed by atoms with Crippen molar-refractivity contribution in [2.24, 2.45) is 5.41 Å². The van der Waals surface area contributed by atoms with Crippen molar-refractivity contribution < 1.29 is 4.74 Å². The summed E-state index contributed by atoms with van der Waals surface area (Å²) in [4.78, 5) is 2.59. The lowest BCUT2D eigenvalue weighted by Gasteiger charge is -2.49. The zero-order valence-corrected chi connectivity index (χ0v) is 11.7. The van der Waals surface area contributed by atoms with E-state index in [1.165, 1.54) is 25.8 Å². The van der Waals surface area contributed by atoms with E-state index in [1.807, 2.05) is 0 Å². The molecule has 1 saturated heterocycles. The molecule has 0 radical (unpaired) electrons. The SMILES string of the molecule is CC1CN(CC2(CS)CCC2)CC(C)(C)O1. The number of rotatable bonds is 3. The smallest absolute Gasteiger partial charge is 0.0757 e. The zero-order chi connectivity index (χ0) is 11.8. The Labute approximate surface area is 105 Å². The fourth-order valence-corrected chi connectivity index (χ4v) is 3.64. The van der Waals surface area contributed by atoms with Crippen molar-refractivity contribution >= 4 is 12.6 Å². The van der Waals surface area contributed by atoms with Gasteiger partial charge in [-0.1, -0.05) is 6.42 Å². The fraction of sp³-hybridized carbons (Fsp3) is 1.00. The van der Waals surface area contributed by atoms with Crippen LogP contribution in [-0.2, 0) is 4.74 Å². The van der Waals surface area contributed by atoms with Gasteiger partial charge in [-0.15, -0.1) is 0 Å². The van der Waals surface area contributed by atoms with Gasteiger partial charge in [0.15, 0.2) is 0 Å². The van der Waals surface area contributed by atoms with Crippen LogP contribution in [0.1, 0.15) is 40.0 Å². The summed E-state index contributed by atoms with van der Waals surface area (Å²) in [6.45, 7) is 9.94. The minimum atomic E-state index is 0.0131. The first-order valence-electron chi connectivity index (χ1n) is 6.46. The molecule has 0 spiro atoms. The van der Waals surface area contributed by atoms with Crippen molar-refractivity contribution in [3.05, 3.63) is 0 Å². The molecule has 1 aliphatic heterocycles. The molecule has 2 rings (SSSR count). The molecule has 0 aromatic heterocycles. The highest BCUT2D eigenvalue weighted by atomic mass is 32.1. The fourth-order valence-electron chi connectivity index (χ4n) is 3.22. The minimum absolute atomic E-state index is 0.0131. The number of nitrogens with zero attached hydrogens (tertiary/aromatic N) is 1. The Kier molecular flexibility index (Phi) is 3.58. The Bertz CT molecular complexity index is 245. The molecule has 16 heavy (non-hydrogen) atoms. The summed E-state index contributed by atoms with van der Waals surface area (Å²) in [6, 6.07) is 0. The van der Waals surface area contributed by atoms with Gasteiger partial charge < -0.3 is 4.74 Å². The van der Waals surface area contributed by atoms with Gasteiger partial charge >= 0.3 is 0 Å². The lowest BCUT2D eigenvalue weighted by molar-refractivity contribution is -0.137. The Balaban J connectivity index is 1.94. The molecule has 0 aromatic rings. The Hall–Kier alpha value is 0.270. The maximum Gasteiger partial charge on any atom is 0.0757 e. The standard InChI is InChI=1S/C13H25NOS/c1-11-7-14(8-12(2,3)15-11)9-13(10-16)5-4-6-13/h11,16H,4-10H2,1-3H3. The number of hydrogen-bond donors (Lipinski definition) is 1. The van der Waals surface area contributed by atoms with Gasteiger partial charge in [0, 0.05) is 19.6 Å². The molecule has 0 bridgehead atoms. The Morgan fingerprint density at radius 2 is 2.06 bits per heavy atom. The third-order valence-electron chi connectivity index (χ3n) is 3.95. The topological polar surface area (TPSA) is 12.5 Å². The predicted molar refractivity (Wildman–Crippen MR) is 71.2 cm³/mol. The molecule has 2 fully saturated rings. The molecule has 2 nitrogen and oxygen atoms in total. The van der Waals surface area contributed by atoms with E-state index in [0.29, 0.717) is 11.5 Å². The molecular weight excluding hydrogens is 218 g/mol. The van der Waals surface area contributed by atoms with Crippen LogP contribution in [-0.4, -0.2) is 42.0 Å². The van der Waals surface area contributed by atoms with E-state index >= 15 is 0 Å². The average Bonchev–Trinajstić information content (AvgIpc) is 2.08. The van der Waals surface area contributed by atoms with Crippen molar-refractivity contribution in [2.75, 3.05) is 25.4 Å². The highest BCUT2D eigenvalue weighted by molar-refractivity contribution is 7.80. The van der Waals surface area contributed by atoms with Crippen LogP contribution in [0.5, 0.6) is 0 Å². The zero-order valence-electron chi connectivity index (χ0n) is 10.8. The predicted octanol–water partition coefficient (Wildman–Crippen LogP) is 2.59. The minimum Gasteiger partial charge on any atom is -0.370 e. The average molecular weight is 243 g/mol. The van der Waals surface area contributed by atoms with Gasteiger partial charge in [0.05, 0.1) is 11.7 Å². The van der Waals surface area contributed by atoms with Gasteiger partial charge in [-0.25, -0.2) is 0 Å². The van der Waals surface area contributed by atoms with Gasteiger partial charge in [0.2, 0.25) is 0 Å². The van der Waals surface area contributed by atoms with Gasteiger partial charge in [0.1, 0.15) is 0 Å². The number of hydrogen-bond acceptors (Lipinski definition) is 3. The first kappa shape index (κ1) is 12.7. The molecule has 94 valence electrons. The third-order valence-corrected chi connectivity index (χ3v) is 4.62.